The average Bonchev–Trinajstić information content (AvgIpc) is 2.72. The molecular weight excluding hydrogens is 364 g/mol. The van der Waals surface area contributed by atoms with Gasteiger partial charge >= 0.3 is 0 Å². The van der Waals surface area contributed by atoms with Crippen molar-refractivity contribution in [1.29, 1.82) is 0 Å². The molecule has 1 heterocycles. The van der Waals surface area contributed by atoms with Gasteiger partial charge in [-0.25, -0.2) is 9.97 Å². The summed E-state index contributed by atoms with van der Waals surface area (Å²) < 4.78 is 10.9. The Bertz CT molecular complexity index is 903. The second-order valence-corrected chi connectivity index (χ2v) is 7.69. The highest BCUT2D eigenvalue weighted by Gasteiger charge is 2.12. The molecule has 0 bridgehead atoms. The molecule has 3 rings (SSSR count). The first-order chi connectivity index (χ1) is 13.9. The zero-order valence-electron chi connectivity index (χ0n) is 17.4. The highest BCUT2D eigenvalue weighted by Crippen LogP contribution is 2.24. The third kappa shape index (κ3) is 6.10. The van der Waals surface area contributed by atoms with Crippen LogP contribution < -0.4 is 20.1 Å². The van der Waals surface area contributed by atoms with E-state index in [1.165, 1.54) is 5.56 Å². The Morgan fingerprint density at radius 1 is 0.862 bits per heavy atom. The fraction of sp³-hybridized carbons (Fsp3) is 0.304. The predicted molar refractivity (Wildman–Crippen MR) is 117 cm³/mol. The Morgan fingerprint density at radius 2 is 1.52 bits per heavy atom. The van der Waals surface area contributed by atoms with Crippen LogP contribution >= 0.6 is 0 Å². The summed E-state index contributed by atoms with van der Waals surface area (Å²) in [6.45, 7) is 7.76. The van der Waals surface area contributed by atoms with E-state index in [9.17, 15) is 0 Å². The molecule has 0 atom stereocenters. The van der Waals surface area contributed by atoms with E-state index < -0.39 is 0 Å². The molecule has 0 saturated heterocycles. The monoisotopic (exact) mass is 392 g/mol. The van der Waals surface area contributed by atoms with Gasteiger partial charge in [-0.1, -0.05) is 32.9 Å². The summed E-state index contributed by atoms with van der Waals surface area (Å²) in [6.07, 6.45) is 1.54. The van der Waals surface area contributed by atoms with Gasteiger partial charge in [0, 0.05) is 11.8 Å². The Balaban J connectivity index is 1.50. The second kappa shape index (κ2) is 9.28. The Morgan fingerprint density at radius 3 is 2.17 bits per heavy atom. The van der Waals surface area contributed by atoms with E-state index in [-0.39, 0.29) is 5.41 Å². The molecule has 6 heteroatoms. The maximum absolute atomic E-state index is 5.71. The number of ether oxygens (including phenoxy) is 2. The van der Waals surface area contributed by atoms with Gasteiger partial charge in [-0.15, -0.1) is 0 Å². The Hall–Kier alpha value is -3.28. The Labute approximate surface area is 172 Å². The first kappa shape index (κ1) is 20.5. The molecule has 29 heavy (non-hydrogen) atoms. The highest BCUT2D eigenvalue weighted by molar-refractivity contribution is 5.59. The van der Waals surface area contributed by atoms with Crippen molar-refractivity contribution in [3.05, 3.63) is 66.5 Å². The number of aromatic nitrogens is 2. The van der Waals surface area contributed by atoms with E-state index in [1.54, 1.807) is 13.4 Å². The van der Waals surface area contributed by atoms with Crippen molar-refractivity contribution in [2.24, 2.45) is 0 Å². The number of rotatable bonds is 8. The lowest BCUT2D eigenvalue weighted by Crippen LogP contribution is -2.12. The molecule has 2 N–H and O–H groups in total. The molecule has 0 aliphatic carbocycles. The standard InChI is InChI=1S/C23H28N4O2/c1-23(2,3)17-5-7-18(8-6-17)27-22-15-21(25-16-26-22)24-13-14-29-20-11-9-19(28-4)10-12-20/h5-12,15-16H,13-14H2,1-4H3,(H2,24,25,26,27). The summed E-state index contributed by atoms with van der Waals surface area (Å²) >= 11 is 0. The molecule has 152 valence electrons. The van der Waals surface area contributed by atoms with E-state index in [0.717, 1.165) is 28.8 Å². The second-order valence-electron chi connectivity index (χ2n) is 7.69. The van der Waals surface area contributed by atoms with E-state index in [0.29, 0.717) is 13.2 Å². The van der Waals surface area contributed by atoms with Crippen molar-refractivity contribution in [1.82, 2.24) is 9.97 Å². The predicted octanol–water partition coefficient (Wildman–Crippen LogP) is 5.02. The summed E-state index contributed by atoms with van der Waals surface area (Å²) in [5.41, 5.74) is 2.42. The first-order valence-corrected chi connectivity index (χ1v) is 9.64. The van der Waals surface area contributed by atoms with Crippen LogP contribution in [0.1, 0.15) is 26.3 Å². The SMILES string of the molecule is COc1ccc(OCCNc2cc(Nc3ccc(C(C)(C)C)cc3)ncn2)cc1. The molecule has 6 nitrogen and oxygen atoms in total. The first-order valence-electron chi connectivity index (χ1n) is 9.64. The molecular formula is C23H28N4O2. The van der Waals surface area contributed by atoms with Crippen molar-refractivity contribution in [3.63, 3.8) is 0 Å². The maximum atomic E-state index is 5.71. The smallest absolute Gasteiger partial charge is 0.135 e. The maximum Gasteiger partial charge on any atom is 0.135 e. The molecule has 0 spiro atoms. The van der Waals surface area contributed by atoms with E-state index in [1.807, 2.05) is 30.3 Å². The number of methoxy groups -OCH3 is 1. The normalized spacial score (nSPS) is 11.0. The van der Waals surface area contributed by atoms with E-state index in [2.05, 4.69) is 65.6 Å². The molecule has 2 aromatic carbocycles. The van der Waals surface area contributed by atoms with E-state index >= 15 is 0 Å². The van der Waals surface area contributed by atoms with Crippen LogP contribution in [0.3, 0.4) is 0 Å². The Kier molecular flexibility index (Phi) is 6.54. The molecule has 0 amide bonds. The van der Waals surface area contributed by atoms with Crippen molar-refractivity contribution in [3.8, 4) is 11.5 Å². The average molecular weight is 393 g/mol. The minimum Gasteiger partial charge on any atom is -0.497 e. The van der Waals surface area contributed by atoms with Crippen LogP contribution in [0.15, 0.2) is 60.9 Å². The highest BCUT2D eigenvalue weighted by atomic mass is 16.5. The lowest BCUT2D eigenvalue weighted by atomic mass is 9.87. The van der Waals surface area contributed by atoms with Crippen LogP contribution in [0.5, 0.6) is 11.5 Å². The number of anilines is 3. The number of benzene rings is 2. The fourth-order valence-electron chi connectivity index (χ4n) is 2.74. The summed E-state index contributed by atoms with van der Waals surface area (Å²) in [6, 6.07) is 17.8. The van der Waals surface area contributed by atoms with Gasteiger partial charge < -0.3 is 20.1 Å². The van der Waals surface area contributed by atoms with Gasteiger partial charge in [-0.05, 0) is 47.4 Å². The third-order valence-corrected chi connectivity index (χ3v) is 4.43. The van der Waals surface area contributed by atoms with Crippen LogP contribution in [0.2, 0.25) is 0 Å². The zero-order valence-corrected chi connectivity index (χ0v) is 17.4. The van der Waals surface area contributed by atoms with Gasteiger partial charge in [-0.3, -0.25) is 0 Å². The molecule has 0 aliphatic rings. The number of hydrogen-bond donors (Lipinski definition) is 2. The minimum atomic E-state index is 0.137. The third-order valence-electron chi connectivity index (χ3n) is 4.43. The van der Waals surface area contributed by atoms with Crippen molar-refractivity contribution >= 4 is 17.3 Å². The largest absolute Gasteiger partial charge is 0.497 e. The van der Waals surface area contributed by atoms with Gasteiger partial charge in [-0.2, -0.15) is 0 Å². The van der Waals surface area contributed by atoms with Crippen LogP contribution in [-0.2, 0) is 5.41 Å². The topological polar surface area (TPSA) is 68.3 Å². The summed E-state index contributed by atoms with van der Waals surface area (Å²) in [7, 11) is 1.64. The molecule has 0 aliphatic heterocycles. The van der Waals surface area contributed by atoms with Crippen molar-refractivity contribution < 1.29 is 9.47 Å². The molecule has 0 unspecified atom stereocenters. The van der Waals surface area contributed by atoms with Crippen molar-refractivity contribution in [2.45, 2.75) is 26.2 Å². The van der Waals surface area contributed by atoms with Gasteiger partial charge in [0.25, 0.3) is 0 Å². The summed E-state index contributed by atoms with van der Waals surface area (Å²) in [5.74, 6) is 3.09. The van der Waals surface area contributed by atoms with Gasteiger partial charge in [0.15, 0.2) is 0 Å². The van der Waals surface area contributed by atoms with Crippen LogP contribution in [0.4, 0.5) is 17.3 Å². The van der Waals surface area contributed by atoms with Gasteiger partial charge in [0.2, 0.25) is 0 Å². The molecule has 3 aromatic rings. The number of nitrogens with one attached hydrogen (secondary N) is 2. The van der Waals surface area contributed by atoms with Crippen LogP contribution in [-0.4, -0.2) is 30.2 Å². The molecule has 0 fully saturated rings. The summed E-state index contributed by atoms with van der Waals surface area (Å²) in [5, 5.41) is 6.57. The van der Waals surface area contributed by atoms with Crippen LogP contribution in [0.25, 0.3) is 0 Å². The summed E-state index contributed by atoms with van der Waals surface area (Å²) in [4.78, 5) is 8.55. The minimum absolute atomic E-state index is 0.137. The molecule has 0 saturated carbocycles. The van der Waals surface area contributed by atoms with Gasteiger partial charge in [0.05, 0.1) is 13.7 Å². The lowest BCUT2D eigenvalue weighted by molar-refractivity contribution is 0.331. The quantitative estimate of drug-likeness (QED) is 0.525. The zero-order chi connectivity index (χ0) is 20.7. The van der Waals surface area contributed by atoms with E-state index in [4.69, 9.17) is 9.47 Å². The lowest BCUT2D eigenvalue weighted by Gasteiger charge is -2.19. The number of hydrogen-bond acceptors (Lipinski definition) is 6. The van der Waals surface area contributed by atoms with Crippen LogP contribution in [0, 0.1) is 0 Å². The molecule has 0 radical (unpaired) electrons. The number of nitrogens with zero attached hydrogens (tertiary/aromatic N) is 2. The molecule has 1 aromatic heterocycles. The fourth-order valence-corrected chi connectivity index (χ4v) is 2.74. The van der Waals surface area contributed by atoms with Gasteiger partial charge in [0.1, 0.15) is 36.1 Å². The van der Waals surface area contributed by atoms with Crippen molar-refractivity contribution in [2.75, 3.05) is 30.9 Å².